The minimum atomic E-state index is 0.557. The third kappa shape index (κ3) is 2.30. The number of fused-ring (bicyclic) bond motifs is 1. The summed E-state index contributed by atoms with van der Waals surface area (Å²) in [5.41, 5.74) is 0.978. The van der Waals surface area contributed by atoms with E-state index in [-0.39, 0.29) is 0 Å². The summed E-state index contributed by atoms with van der Waals surface area (Å²) in [6.07, 6.45) is 9.43. The lowest BCUT2D eigenvalue weighted by atomic mass is 10.1. The quantitative estimate of drug-likeness (QED) is 0.826. The summed E-state index contributed by atoms with van der Waals surface area (Å²) in [6, 6.07) is 2.61. The Hall–Kier alpha value is -1.65. The summed E-state index contributed by atoms with van der Waals surface area (Å²) >= 11 is 0. The Morgan fingerprint density at radius 3 is 2.78 bits per heavy atom. The summed E-state index contributed by atoms with van der Waals surface area (Å²) in [4.78, 5) is 8.51. The van der Waals surface area contributed by atoms with E-state index >= 15 is 0 Å². The van der Waals surface area contributed by atoms with Crippen LogP contribution in [0.1, 0.15) is 44.2 Å². The van der Waals surface area contributed by atoms with Crippen molar-refractivity contribution in [2.45, 2.75) is 51.5 Å². The maximum atomic E-state index is 4.36. The zero-order valence-corrected chi connectivity index (χ0v) is 10.8. The number of hydrogen-bond acceptors (Lipinski definition) is 4. The van der Waals surface area contributed by atoms with Crippen LogP contribution in [0.3, 0.4) is 0 Å². The van der Waals surface area contributed by atoms with Crippen molar-refractivity contribution >= 4 is 11.6 Å². The number of hydrogen-bond donors (Lipinski definition) is 1. The molecule has 2 aromatic rings. The molecule has 0 saturated heterocycles. The molecule has 0 radical (unpaired) electrons. The van der Waals surface area contributed by atoms with Crippen LogP contribution in [0.15, 0.2) is 12.4 Å². The van der Waals surface area contributed by atoms with Gasteiger partial charge >= 0.3 is 0 Å². The molecule has 0 unspecified atom stereocenters. The Morgan fingerprint density at radius 2 is 2.00 bits per heavy atom. The van der Waals surface area contributed by atoms with Crippen molar-refractivity contribution in [3.05, 3.63) is 18.1 Å². The summed E-state index contributed by atoms with van der Waals surface area (Å²) in [5, 5.41) is 7.84. The van der Waals surface area contributed by atoms with E-state index in [2.05, 4.69) is 20.4 Å². The van der Waals surface area contributed by atoms with Crippen molar-refractivity contribution in [1.82, 2.24) is 19.6 Å². The molecule has 1 aliphatic carbocycles. The maximum Gasteiger partial charge on any atom is 0.254 e. The van der Waals surface area contributed by atoms with Crippen molar-refractivity contribution in [3.8, 4) is 0 Å². The van der Waals surface area contributed by atoms with Gasteiger partial charge in [0.15, 0.2) is 0 Å². The minimum Gasteiger partial charge on any atom is -0.367 e. The molecule has 0 spiro atoms. The number of aryl methyl sites for hydroxylation is 1. The van der Waals surface area contributed by atoms with Crippen molar-refractivity contribution in [3.63, 3.8) is 0 Å². The molecular weight excluding hydrogens is 226 g/mol. The SMILES string of the molecule is Cc1cc(NC2CCCCCC2)n2ncnc2n1. The van der Waals surface area contributed by atoms with E-state index in [0.717, 1.165) is 11.5 Å². The molecule has 1 fully saturated rings. The van der Waals surface area contributed by atoms with Crippen LogP contribution < -0.4 is 5.32 Å². The molecule has 0 amide bonds. The van der Waals surface area contributed by atoms with Gasteiger partial charge in [0.2, 0.25) is 0 Å². The van der Waals surface area contributed by atoms with Crippen LogP contribution in [0, 0.1) is 6.92 Å². The van der Waals surface area contributed by atoms with Gasteiger partial charge in [-0.2, -0.15) is 14.6 Å². The van der Waals surface area contributed by atoms with Crippen molar-refractivity contribution in [1.29, 1.82) is 0 Å². The van der Waals surface area contributed by atoms with Gasteiger partial charge in [-0.15, -0.1) is 0 Å². The van der Waals surface area contributed by atoms with Gasteiger partial charge in [0.25, 0.3) is 5.78 Å². The molecule has 1 saturated carbocycles. The van der Waals surface area contributed by atoms with Gasteiger partial charge in [0.1, 0.15) is 12.1 Å². The molecule has 1 N–H and O–H groups in total. The highest BCUT2D eigenvalue weighted by Crippen LogP contribution is 2.21. The largest absolute Gasteiger partial charge is 0.367 e. The van der Waals surface area contributed by atoms with E-state index in [1.54, 1.807) is 10.8 Å². The monoisotopic (exact) mass is 245 g/mol. The normalized spacial score (nSPS) is 17.8. The van der Waals surface area contributed by atoms with Crippen LogP contribution in [0.2, 0.25) is 0 Å². The molecule has 1 aliphatic rings. The van der Waals surface area contributed by atoms with E-state index in [9.17, 15) is 0 Å². The van der Waals surface area contributed by atoms with Crippen LogP contribution in [0.5, 0.6) is 0 Å². The lowest BCUT2D eigenvalue weighted by Crippen LogP contribution is -2.20. The molecule has 5 heteroatoms. The highest BCUT2D eigenvalue weighted by Gasteiger charge is 2.14. The fraction of sp³-hybridized carbons (Fsp3) is 0.615. The van der Waals surface area contributed by atoms with Crippen LogP contribution in [-0.4, -0.2) is 25.6 Å². The Labute approximate surface area is 107 Å². The molecular formula is C13H19N5. The van der Waals surface area contributed by atoms with Crippen molar-refractivity contribution in [2.24, 2.45) is 0 Å². The van der Waals surface area contributed by atoms with E-state index in [0.29, 0.717) is 11.8 Å². The maximum absolute atomic E-state index is 4.36. The summed E-state index contributed by atoms with van der Waals surface area (Å²) < 4.78 is 1.79. The second-order valence-corrected chi connectivity index (χ2v) is 5.09. The van der Waals surface area contributed by atoms with E-state index in [1.807, 2.05) is 13.0 Å². The highest BCUT2D eigenvalue weighted by molar-refractivity contribution is 5.45. The molecule has 3 rings (SSSR count). The average Bonchev–Trinajstić information content (AvgIpc) is 2.66. The molecule has 2 heterocycles. The first-order valence-electron chi connectivity index (χ1n) is 6.77. The third-order valence-electron chi connectivity index (χ3n) is 3.59. The van der Waals surface area contributed by atoms with Crippen LogP contribution in [0.4, 0.5) is 5.82 Å². The second-order valence-electron chi connectivity index (χ2n) is 5.09. The fourth-order valence-electron chi connectivity index (χ4n) is 2.67. The smallest absolute Gasteiger partial charge is 0.254 e. The van der Waals surface area contributed by atoms with Crippen molar-refractivity contribution in [2.75, 3.05) is 5.32 Å². The number of nitrogens with zero attached hydrogens (tertiary/aromatic N) is 4. The van der Waals surface area contributed by atoms with E-state index in [4.69, 9.17) is 0 Å². The zero-order valence-electron chi connectivity index (χ0n) is 10.8. The Balaban J connectivity index is 1.86. The molecule has 5 nitrogen and oxygen atoms in total. The minimum absolute atomic E-state index is 0.557. The first-order chi connectivity index (χ1) is 8.83. The van der Waals surface area contributed by atoms with Gasteiger partial charge in [-0.25, -0.2) is 4.98 Å². The Bertz CT molecular complexity index is 525. The number of aromatic nitrogens is 4. The number of rotatable bonds is 2. The predicted octanol–water partition coefficient (Wildman–Crippen LogP) is 2.57. The molecule has 2 aromatic heterocycles. The lowest BCUT2D eigenvalue weighted by molar-refractivity contribution is 0.614. The second kappa shape index (κ2) is 4.92. The molecule has 96 valence electrons. The molecule has 0 atom stereocenters. The Morgan fingerprint density at radius 1 is 1.22 bits per heavy atom. The first-order valence-corrected chi connectivity index (χ1v) is 6.77. The molecule has 0 aliphatic heterocycles. The van der Waals surface area contributed by atoms with Gasteiger partial charge in [-0.1, -0.05) is 25.7 Å². The van der Waals surface area contributed by atoms with Gasteiger partial charge in [-0.3, -0.25) is 0 Å². The third-order valence-corrected chi connectivity index (χ3v) is 3.59. The topological polar surface area (TPSA) is 55.1 Å². The first kappa shape index (κ1) is 11.4. The van der Waals surface area contributed by atoms with Crippen LogP contribution >= 0.6 is 0 Å². The lowest BCUT2D eigenvalue weighted by Gasteiger charge is -2.18. The van der Waals surface area contributed by atoms with Gasteiger partial charge < -0.3 is 5.32 Å². The Kier molecular flexibility index (Phi) is 3.13. The van der Waals surface area contributed by atoms with E-state index in [1.165, 1.54) is 38.5 Å². The summed E-state index contributed by atoms with van der Waals surface area (Å²) in [6.45, 7) is 1.99. The standard InChI is InChI=1S/C13H19N5/c1-10-8-12(18-13(16-10)14-9-15-18)17-11-6-4-2-3-5-7-11/h8-9,11,17H,2-7H2,1H3. The van der Waals surface area contributed by atoms with Crippen LogP contribution in [-0.2, 0) is 0 Å². The predicted molar refractivity (Wildman–Crippen MR) is 70.6 cm³/mol. The highest BCUT2D eigenvalue weighted by atomic mass is 15.4. The zero-order chi connectivity index (χ0) is 12.4. The van der Waals surface area contributed by atoms with Crippen molar-refractivity contribution < 1.29 is 0 Å². The fourth-order valence-corrected chi connectivity index (χ4v) is 2.67. The summed E-state index contributed by atoms with van der Waals surface area (Å²) in [5.74, 6) is 1.69. The van der Waals surface area contributed by atoms with Gasteiger partial charge in [0.05, 0.1) is 0 Å². The van der Waals surface area contributed by atoms with Gasteiger partial charge in [-0.05, 0) is 19.8 Å². The average molecular weight is 245 g/mol. The molecule has 18 heavy (non-hydrogen) atoms. The van der Waals surface area contributed by atoms with Gasteiger partial charge in [0, 0.05) is 17.8 Å². The number of anilines is 1. The van der Waals surface area contributed by atoms with E-state index < -0.39 is 0 Å². The van der Waals surface area contributed by atoms with Crippen LogP contribution in [0.25, 0.3) is 5.78 Å². The molecule has 0 bridgehead atoms. The number of nitrogens with one attached hydrogen (secondary N) is 1. The molecule has 0 aromatic carbocycles. The summed E-state index contributed by atoms with van der Waals surface area (Å²) in [7, 11) is 0.